The maximum Gasteiger partial charge on any atom is 0.167 e. The predicted octanol–water partition coefficient (Wildman–Crippen LogP) is 5.25. The molecule has 2 aromatic rings. The van der Waals surface area contributed by atoms with Gasteiger partial charge in [0.2, 0.25) is 0 Å². The summed E-state index contributed by atoms with van der Waals surface area (Å²) in [5, 5.41) is 0. The Morgan fingerprint density at radius 1 is 1.00 bits per heavy atom. The molecule has 0 aliphatic carbocycles. The zero-order chi connectivity index (χ0) is 14.0. The summed E-state index contributed by atoms with van der Waals surface area (Å²) in [5.41, 5.74) is 4.01. The van der Waals surface area contributed by atoms with Crippen LogP contribution in [0.4, 0.5) is 0 Å². The molecule has 0 bridgehead atoms. The summed E-state index contributed by atoms with van der Waals surface area (Å²) in [7, 11) is 0. The Morgan fingerprint density at radius 3 is 2.05 bits per heavy atom. The molecule has 0 amide bonds. The van der Waals surface area contributed by atoms with E-state index in [0.717, 1.165) is 31.2 Å². The molecular weight excluding hydrogens is 368 g/mol. The van der Waals surface area contributed by atoms with Crippen LogP contribution in [0.5, 0.6) is 0 Å². The number of carbonyl (C=O) groups excluding carboxylic acids is 1. The molecule has 0 fully saturated rings. The number of halogens is 2. The molecule has 0 radical (unpaired) electrons. The molecule has 2 rings (SSSR count). The summed E-state index contributed by atoms with van der Waals surface area (Å²) < 4.78 is 2.10. The van der Waals surface area contributed by atoms with E-state index >= 15 is 0 Å². The smallest absolute Gasteiger partial charge is 0.167 e. The van der Waals surface area contributed by atoms with Gasteiger partial charge in [0.25, 0.3) is 0 Å². The minimum atomic E-state index is 0.154. The number of rotatable bonds is 3. The van der Waals surface area contributed by atoms with Gasteiger partial charge in [0.15, 0.2) is 5.78 Å². The largest absolute Gasteiger partial charge is 0.294 e. The molecule has 19 heavy (non-hydrogen) atoms. The average Bonchev–Trinajstić information content (AvgIpc) is 2.38. The first-order chi connectivity index (χ1) is 8.97. The number of hydrogen-bond donors (Lipinski definition) is 0. The molecule has 0 aliphatic rings. The molecule has 1 nitrogen and oxygen atoms in total. The predicted molar refractivity (Wildman–Crippen MR) is 85.8 cm³/mol. The van der Waals surface area contributed by atoms with Crippen LogP contribution in [-0.4, -0.2) is 5.78 Å². The van der Waals surface area contributed by atoms with Gasteiger partial charge in [-0.25, -0.2) is 0 Å². The van der Waals surface area contributed by atoms with Crippen molar-refractivity contribution in [3.63, 3.8) is 0 Å². The van der Waals surface area contributed by atoms with E-state index in [0.29, 0.717) is 6.42 Å². The Morgan fingerprint density at radius 2 is 1.53 bits per heavy atom. The highest BCUT2D eigenvalue weighted by Gasteiger charge is 2.10. The van der Waals surface area contributed by atoms with Crippen molar-refractivity contribution in [2.45, 2.75) is 20.3 Å². The number of hydrogen-bond acceptors (Lipinski definition) is 1. The molecule has 0 saturated heterocycles. The summed E-state index contributed by atoms with van der Waals surface area (Å²) >= 11 is 6.91. The van der Waals surface area contributed by atoms with Crippen LogP contribution in [0.25, 0.3) is 0 Å². The molecule has 0 atom stereocenters. The maximum atomic E-state index is 12.3. The number of ketones is 1. The summed E-state index contributed by atoms with van der Waals surface area (Å²) in [6.07, 6.45) is 0.438. The minimum absolute atomic E-state index is 0.154. The van der Waals surface area contributed by atoms with Crippen molar-refractivity contribution in [1.82, 2.24) is 0 Å². The highest BCUT2D eigenvalue weighted by atomic mass is 79.9. The molecule has 3 heteroatoms. The van der Waals surface area contributed by atoms with Crippen molar-refractivity contribution in [1.29, 1.82) is 0 Å². The molecule has 0 aliphatic heterocycles. The van der Waals surface area contributed by atoms with Crippen molar-refractivity contribution in [2.24, 2.45) is 0 Å². The van der Waals surface area contributed by atoms with Gasteiger partial charge in [0, 0.05) is 20.9 Å². The fourth-order valence-electron chi connectivity index (χ4n) is 2.00. The second kappa shape index (κ2) is 6.02. The molecule has 0 aromatic heterocycles. The highest BCUT2D eigenvalue weighted by Crippen LogP contribution is 2.23. The molecule has 0 spiro atoms. The van der Waals surface area contributed by atoms with Gasteiger partial charge in [0.1, 0.15) is 0 Å². The lowest BCUT2D eigenvalue weighted by Crippen LogP contribution is -2.04. The van der Waals surface area contributed by atoms with Crippen LogP contribution in [0.3, 0.4) is 0 Å². The van der Waals surface area contributed by atoms with Crippen molar-refractivity contribution in [3.05, 3.63) is 67.6 Å². The monoisotopic (exact) mass is 380 g/mol. The van der Waals surface area contributed by atoms with Gasteiger partial charge in [0.05, 0.1) is 0 Å². The SMILES string of the molecule is Cc1cc(C(=O)Cc2ccc(Br)cc2)cc(C)c1Br. The Balaban J connectivity index is 2.23. The summed E-state index contributed by atoms with van der Waals surface area (Å²) in [4.78, 5) is 12.3. The van der Waals surface area contributed by atoms with Crippen LogP contribution in [0, 0.1) is 13.8 Å². The number of Topliss-reactive ketones (excluding diaryl/α,β-unsaturated/α-hetero) is 1. The summed E-state index contributed by atoms with van der Waals surface area (Å²) in [6, 6.07) is 11.7. The van der Waals surface area contributed by atoms with Crippen molar-refractivity contribution in [3.8, 4) is 0 Å². The molecule has 0 N–H and O–H groups in total. The normalized spacial score (nSPS) is 10.5. The van der Waals surface area contributed by atoms with Crippen LogP contribution in [0.1, 0.15) is 27.0 Å². The Bertz CT molecular complexity index is 592. The van der Waals surface area contributed by atoms with Crippen LogP contribution in [-0.2, 0) is 6.42 Å². The third-order valence-electron chi connectivity index (χ3n) is 3.04. The first-order valence-electron chi connectivity index (χ1n) is 6.02. The first kappa shape index (κ1) is 14.5. The zero-order valence-electron chi connectivity index (χ0n) is 10.8. The lowest BCUT2D eigenvalue weighted by atomic mass is 9.99. The van der Waals surface area contributed by atoms with Crippen molar-refractivity contribution >= 4 is 37.6 Å². The highest BCUT2D eigenvalue weighted by molar-refractivity contribution is 9.10. The van der Waals surface area contributed by atoms with E-state index in [1.54, 1.807) is 0 Å². The lowest BCUT2D eigenvalue weighted by molar-refractivity contribution is 0.0993. The number of aryl methyl sites for hydroxylation is 2. The standard InChI is InChI=1S/C16H14Br2O/c1-10-7-13(8-11(2)16(10)18)15(19)9-12-3-5-14(17)6-4-12/h3-8H,9H2,1-2H3. The zero-order valence-corrected chi connectivity index (χ0v) is 14.0. The van der Waals surface area contributed by atoms with E-state index in [9.17, 15) is 4.79 Å². The third-order valence-corrected chi connectivity index (χ3v) is 4.82. The third kappa shape index (κ3) is 3.54. The topological polar surface area (TPSA) is 17.1 Å². The molecule has 98 valence electrons. The second-order valence-electron chi connectivity index (χ2n) is 4.65. The van der Waals surface area contributed by atoms with Gasteiger partial charge in [-0.3, -0.25) is 4.79 Å². The van der Waals surface area contributed by atoms with Gasteiger partial charge in [-0.2, -0.15) is 0 Å². The fraction of sp³-hybridized carbons (Fsp3) is 0.188. The van der Waals surface area contributed by atoms with Crippen LogP contribution in [0.15, 0.2) is 45.3 Å². The maximum absolute atomic E-state index is 12.3. The number of benzene rings is 2. The van der Waals surface area contributed by atoms with Gasteiger partial charge >= 0.3 is 0 Å². The van der Waals surface area contributed by atoms with Crippen molar-refractivity contribution in [2.75, 3.05) is 0 Å². The van der Waals surface area contributed by atoms with Crippen LogP contribution in [0.2, 0.25) is 0 Å². The quantitative estimate of drug-likeness (QED) is 0.663. The summed E-state index contributed by atoms with van der Waals surface area (Å²) in [5.74, 6) is 0.154. The molecule has 2 aromatic carbocycles. The van der Waals surface area contributed by atoms with Crippen LogP contribution >= 0.6 is 31.9 Å². The number of carbonyl (C=O) groups is 1. The van der Waals surface area contributed by atoms with Crippen molar-refractivity contribution < 1.29 is 4.79 Å². The second-order valence-corrected chi connectivity index (χ2v) is 6.36. The van der Waals surface area contributed by atoms with E-state index < -0.39 is 0 Å². The first-order valence-corrected chi connectivity index (χ1v) is 7.60. The average molecular weight is 382 g/mol. The van der Waals surface area contributed by atoms with E-state index in [-0.39, 0.29) is 5.78 Å². The van der Waals surface area contributed by atoms with Gasteiger partial charge in [-0.05, 0) is 54.8 Å². The molecular formula is C16H14Br2O. The van der Waals surface area contributed by atoms with Crippen LogP contribution < -0.4 is 0 Å². The molecule has 0 heterocycles. The lowest BCUT2D eigenvalue weighted by Gasteiger charge is -2.07. The van der Waals surface area contributed by atoms with E-state index in [1.807, 2.05) is 50.2 Å². The summed E-state index contributed by atoms with van der Waals surface area (Å²) in [6.45, 7) is 4.01. The Labute approximate surface area is 130 Å². The fourth-order valence-corrected chi connectivity index (χ4v) is 2.49. The van der Waals surface area contributed by atoms with Gasteiger partial charge in [-0.1, -0.05) is 44.0 Å². The Kier molecular flexibility index (Phi) is 4.58. The van der Waals surface area contributed by atoms with E-state index in [4.69, 9.17) is 0 Å². The minimum Gasteiger partial charge on any atom is -0.294 e. The molecule has 0 saturated carbocycles. The van der Waals surface area contributed by atoms with E-state index in [2.05, 4.69) is 31.9 Å². The van der Waals surface area contributed by atoms with E-state index in [1.165, 1.54) is 0 Å². The van der Waals surface area contributed by atoms with Gasteiger partial charge < -0.3 is 0 Å². The molecule has 0 unspecified atom stereocenters. The van der Waals surface area contributed by atoms with Gasteiger partial charge in [-0.15, -0.1) is 0 Å². The Hall–Kier alpha value is -0.930.